The molecule has 3 heterocycles. The summed E-state index contributed by atoms with van der Waals surface area (Å²) in [6.07, 6.45) is 0. The third kappa shape index (κ3) is 3.02. The van der Waals surface area contributed by atoms with Gasteiger partial charge in [-0.1, -0.05) is 23.0 Å². The Morgan fingerprint density at radius 2 is 2.42 bits per heavy atom. The number of aryl methyl sites for hydroxylation is 1. The molecule has 0 aromatic carbocycles. The highest BCUT2D eigenvalue weighted by Gasteiger charge is 2.09. The van der Waals surface area contributed by atoms with E-state index in [0.29, 0.717) is 12.3 Å². The number of rotatable bonds is 5. The first kappa shape index (κ1) is 12.4. The van der Waals surface area contributed by atoms with E-state index >= 15 is 0 Å². The molecule has 3 aromatic heterocycles. The topological polar surface area (TPSA) is 69.6 Å². The van der Waals surface area contributed by atoms with Gasteiger partial charge in [-0.2, -0.15) is 0 Å². The zero-order valence-electron chi connectivity index (χ0n) is 10.2. The van der Waals surface area contributed by atoms with Crippen LogP contribution in [0.2, 0.25) is 0 Å². The minimum atomic E-state index is 0.697. The highest BCUT2D eigenvalue weighted by molar-refractivity contribution is 7.98. The lowest BCUT2D eigenvalue weighted by Crippen LogP contribution is -2.02. The first-order chi connectivity index (χ1) is 9.31. The normalized spacial score (nSPS) is 11.0. The molecule has 0 radical (unpaired) electrons. The molecule has 0 aliphatic carbocycles. The molecule has 0 N–H and O–H groups in total. The third-order valence-corrected chi connectivity index (χ3v) is 4.26. The van der Waals surface area contributed by atoms with E-state index < -0.39 is 0 Å². The first-order valence-corrected chi connectivity index (χ1v) is 7.51. The van der Waals surface area contributed by atoms with Crippen LogP contribution in [0.25, 0.3) is 0 Å². The summed E-state index contributed by atoms with van der Waals surface area (Å²) in [7, 11) is 0. The molecule has 0 atom stereocenters. The summed E-state index contributed by atoms with van der Waals surface area (Å²) in [4.78, 5) is 1.23. The van der Waals surface area contributed by atoms with Crippen LogP contribution in [0.1, 0.15) is 16.3 Å². The summed E-state index contributed by atoms with van der Waals surface area (Å²) >= 11 is 3.25. The molecule has 98 valence electrons. The van der Waals surface area contributed by atoms with Crippen LogP contribution in [0.3, 0.4) is 0 Å². The van der Waals surface area contributed by atoms with Crippen molar-refractivity contribution in [2.24, 2.45) is 0 Å². The van der Waals surface area contributed by atoms with Gasteiger partial charge in [0.2, 0.25) is 5.16 Å². The van der Waals surface area contributed by atoms with Gasteiger partial charge >= 0.3 is 0 Å². The Labute approximate surface area is 117 Å². The van der Waals surface area contributed by atoms with E-state index in [9.17, 15) is 0 Å². The van der Waals surface area contributed by atoms with Gasteiger partial charge in [0.15, 0.2) is 0 Å². The van der Waals surface area contributed by atoms with E-state index in [1.54, 1.807) is 27.8 Å². The number of thioether (sulfide) groups is 1. The lowest BCUT2D eigenvalue weighted by Gasteiger charge is -2.01. The van der Waals surface area contributed by atoms with E-state index in [2.05, 4.69) is 26.7 Å². The van der Waals surface area contributed by atoms with Gasteiger partial charge in [0, 0.05) is 16.7 Å². The highest BCUT2D eigenvalue weighted by Crippen LogP contribution is 2.21. The fraction of sp³-hybridized carbons (Fsp3) is 0.273. The maximum Gasteiger partial charge on any atom is 0.210 e. The van der Waals surface area contributed by atoms with Gasteiger partial charge in [0.1, 0.15) is 5.76 Å². The van der Waals surface area contributed by atoms with Crippen LogP contribution >= 0.6 is 23.1 Å². The summed E-state index contributed by atoms with van der Waals surface area (Å²) in [6.45, 7) is 2.58. The molecule has 0 saturated carbocycles. The third-order valence-electron chi connectivity index (χ3n) is 2.41. The van der Waals surface area contributed by atoms with Crippen molar-refractivity contribution in [3.8, 4) is 0 Å². The van der Waals surface area contributed by atoms with E-state index in [-0.39, 0.29) is 0 Å². The van der Waals surface area contributed by atoms with Crippen molar-refractivity contribution >= 4 is 23.1 Å². The lowest BCUT2D eigenvalue weighted by atomic mass is 10.4. The quantitative estimate of drug-likeness (QED) is 0.673. The SMILES string of the molecule is Cc1cc(CSc2nnnn2Cc2cccs2)no1. The lowest BCUT2D eigenvalue weighted by molar-refractivity contribution is 0.393. The molecule has 0 unspecified atom stereocenters. The van der Waals surface area contributed by atoms with Gasteiger partial charge in [0.05, 0.1) is 12.2 Å². The summed E-state index contributed by atoms with van der Waals surface area (Å²) in [5.41, 5.74) is 0.896. The van der Waals surface area contributed by atoms with E-state index in [1.807, 2.05) is 24.4 Å². The molecular formula is C11H11N5OS2. The molecule has 8 heteroatoms. The van der Waals surface area contributed by atoms with E-state index in [1.165, 1.54) is 4.88 Å². The number of hydrogen-bond acceptors (Lipinski definition) is 7. The second-order valence-electron chi connectivity index (χ2n) is 3.92. The van der Waals surface area contributed by atoms with Crippen molar-refractivity contribution in [3.63, 3.8) is 0 Å². The molecule has 3 rings (SSSR count). The molecule has 0 aliphatic rings. The molecule has 19 heavy (non-hydrogen) atoms. The fourth-order valence-corrected chi connectivity index (χ4v) is 3.02. The maximum atomic E-state index is 5.03. The van der Waals surface area contributed by atoms with Crippen LogP contribution in [0.5, 0.6) is 0 Å². The van der Waals surface area contributed by atoms with Gasteiger partial charge in [-0.05, 0) is 28.8 Å². The van der Waals surface area contributed by atoms with E-state index in [0.717, 1.165) is 16.6 Å². The van der Waals surface area contributed by atoms with Crippen molar-refractivity contribution in [3.05, 3.63) is 39.9 Å². The molecule has 6 nitrogen and oxygen atoms in total. The number of tetrazole rings is 1. The van der Waals surface area contributed by atoms with Gasteiger partial charge in [0.25, 0.3) is 0 Å². The van der Waals surface area contributed by atoms with Gasteiger partial charge in [-0.25, -0.2) is 4.68 Å². The molecule has 0 aliphatic heterocycles. The summed E-state index contributed by atoms with van der Waals surface area (Å²) in [5.74, 6) is 1.51. The predicted molar refractivity (Wildman–Crippen MR) is 72.0 cm³/mol. The molecular weight excluding hydrogens is 282 g/mol. The minimum absolute atomic E-state index is 0.697. The zero-order valence-corrected chi connectivity index (χ0v) is 11.8. The summed E-state index contributed by atoms with van der Waals surface area (Å²) < 4.78 is 6.82. The Kier molecular flexibility index (Phi) is 3.60. The van der Waals surface area contributed by atoms with Crippen molar-refractivity contribution in [2.45, 2.75) is 24.4 Å². The highest BCUT2D eigenvalue weighted by atomic mass is 32.2. The molecule has 3 aromatic rings. The second kappa shape index (κ2) is 5.54. The van der Waals surface area contributed by atoms with E-state index in [4.69, 9.17) is 4.52 Å². The Morgan fingerprint density at radius 1 is 1.47 bits per heavy atom. The summed E-state index contributed by atoms with van der Waals surface area (Å²) in [6, 6.07) is 6.01. The molecule has 0 spiro atoms. The first-order valence-electron chi connectivity index (χ1n) is 5.65. The number of aromatic nitrogens is 5. The van der Waals surface area contributed by atoms with Crippen molar-refractivity contribution in [2.75, 3.05) is 0 Å². The van der Waals surface area contributed by atoms with Crippen LogP contribution in [-0.4, -0.2) is 25.4 Å². The zero-order chi connectivity index (χ0) is 13.1. The number of thiophene rings is 1. The Bertz CT molecular complexity index is 646. The van der Waals surface area contributed by atoms with Gasteiger partial charge in [-0.15, -0.1) is 16.4 Å². The van der Waals surface area contributed by atoms with Crippen LogP contribution < -0.4 is 0 Å². The molecule has 0 bridgehead atoms. The van der Waals surface area contributed by atoms with Crippen LogP contribution in [-0.2, 0) is 12.3 Å². The average Bonchev–Trinajstić information content (AvgIpc) is 3.10. The fourth-order valence-electron chi connectivity index (χ4n) is 1.57. The molecule has 0 amide bonds. The summed E-state index contributed by atoms with van der Waals surface area (Å²) in [5, 5.41) is 18.5. The van der Waals surface area contributed by atoms with Crippen LogP contribution in [0.15, 0.2) is 33.3 Å². The smallest absolute Gasteiger partial charge is 0.210 e. The van der Waals surface area contributed by atoms with Crippen molar-refractivity contribution in [1.82, 2.24) is 25.4 Å². The van der Waals surface area contributed by atoms with Crippen LogP contribution in [0, 0.1) is 6.92 Å². The standard InChI is InChI=1S/C11H11N5OS2/c1-8-5-9(13-17-8)7-19-11-12-14-15-16(11)6-10-3-2-4-18-10/h2-5H,6-7H2,1H3. The maximum absolute atomic E-state index is 5.03. The van der Waals surface area contributed by atoms with Crippen molar-refractivity contribution in [1.29, 1.82) is 0 Å². The predicted octanol–water partition coefficient (Wildman–Crippen LogP) is 2.37. The number of hydrogen-bond donors (Lipinski definition) is 0. The van der Waals surface area contributed by atoms with Gasteiger partial charge in [-0.3, -0.25) is 0 Å². The average molecular weight is 293 g/mol. The van der Waals surface area contributed by atoms with Gasteiger partial charge < -0.3 is 4.52 Å². The Balaban J connectivity index is 1.66. The number of nitrogens with zero attached hydrogens (tertiary/aromatic N) is 5. The Morgan fingerprint density at radius 3 is 3.16 bits per heavy atom. The molecule has 0 saturated heterocycles. The minimum Gasteiger partial charge on any atom is -0.361 e. The monoisotopic (exact) mass is 293 g/mol. The Hall–Kier alpha value is -1.67. The molecule has 0 fully saturated rings. The largest absolute Gasteiger partial charge is 0.361 e. The van der Waals surface area contributed by atoms with Crippen molar-refractivity contribution < 1.29 is 4.52 Å². The van der Waals surface area contributed by atoms with Crippen LogP contribution in [0.4, 0.5) is 0 Å². The second-order valence-corrected chi connectivity index (χ2v) is 5.89.